The minimum atomic E-state index is -1.35. The number of amides is 1. The summed E-state index contributed by atoms with van der Waals surface area (Å²) >= 11 is 0. The third kappa shape index (κ3) is 5.17. The topological polar surface area (TPSA) is 79.9 Å². The van der Waals surface area contributed by atoms with Crippen molar-refractivity contribution < 1.29 is 19.2 Å². The van der Waals surface area contributed by atoms with Crippen molar-refractivity contribution in [2.24, 2.45) is 5.92 Å². The number of hydrogen-bond donors (Lipinski definition) is 2. The van der Waals surface area contributed by atoms with Gasteiger partial charge in [-0.1, -0.05) is 61.5 Å². The van der Waals surface area contributed by atoms with Crippen LogP contribution in [0.15, 0.2) is 54.6 Å². The Bertz CT molecular complexity index is 948. The zero-order valence-corrected chi connectivity index (χ0v) is 19.3. The quantitative estimate of drug-likeness (QED) is 0.571. The minimum Gasteiger partial charge on any atom is -0.379 e. The van der Waals surface area contributed by atoms with Crippen LogP contribution in [0.2, 0.25) is 0 Å². The van der Waals surface area contributed by atoms with Gasteiger partial charge in [-0.3, -0.25) is 14.4 Å². The van der Waals surface area contributed by atoms with Crippen LogP contribution in [0.25, 0.3) is 0 Å². The highest BCUT2D eigenvalue weighted by molar-refractivity contribution is 5.84. The van der Waals surface area contributed by atoms with Crippen molar-refractivity contribution in [1.29, 1.82) is 0 Å². The third-order valence-corrected chi connectivity index (χ3v) is 6.78. The van der Waals surface area contributed by atoms with E-state index < -0.39 is 11.6 Å². The molecule has 0 bridgehead atoms. The van der Waals surface area contributed by atoms with Crippen LogP contribution >= 0.6 is 0 Å². The Morgan fingerprint density at radius 2 is 1.97 bits per heavy atom. The highest BCUT2D eigenvalue weighted by atomic mass is 16.7. The van der Waals surface area contributed by atoms with E-state index in [4.69, 9.17) is 9.57 Å². The van der Waals surface area contributed by atoms with Crippen LogP contribution in [-0.2, 0) is 38.7 Å². The SMILES string of the molecule is CO[C@@H]([C@@H]1CCCN1)[C@@H](C)C(=O)N[C@@](C=O)(Cc1ccccc1)N1Cc2ccccc2CO1. The number of benzene rings is 2. The number of methoxy groups -OCH3 is 1. The number of rotatable bonds is 9. The van der Waals surface area contributed by atoms with Gasteiger partial charge in [0, 0.05) is 19.6 Å². The molecule has 2 aromatic rings. The number of aldehydes is 1. The van der Waals surface area contributed by atoms with E-state index in [9.17, 15) is 9.59 Å². The molecule has 0 aromatic heterocycles. The molecule has 1 amide bonds. The number of carbonyl (C=O) groups excluding carboxylic acids is 2. The van der Waals surface area contributed by atoms with Gasteiger partial charge in [0.2, 0.25) is 5.91 Å². The Morgan fingerprint density at radius 3 is 2.64 bits per heavy atom. The van der Waals surface area contributed by atoms with Gasteiger partial charge in [0.1, 0.15) is 0 Å². The maximum Gasteiger partial charge on any atom is 0.227 e. The average molecular weight is 452 g/mol. The van der Waals surface area contributed by atoms with Crippen LogP contribution in [0.1, 0.15) is 36.5 Å². The van der Waals surface area contributed by atoms with Gasteiger partial charge in [-0.2, -0.15) is 5.06 Å². The average Bonchev–Trinajstić information content (AvgIpc) is 3.39. The van der Waals surface area contributed by atoms with Gasteiger partial charge in [-0.15, -0.1) is 0 Å². The number of hydroxylamine groups is 2. The Morgan fingerprint density at radius 1 is 1.24 bits per heavy atom. The first-order valence-corrected chi connectivity index (χ1v) is 11.6. The number of fused-ring (bicyclic) bond motifs is 1. The van der Waals surface area contributed by atoms with E-state index in [0.29, 0.717) is 13.2 Å². The van der Waals surface area contributed by atoms with Crippen molar-refractivity contribution in [3.63, 3.8) is 0 Å². The number of ether oxygens (including phenoxy) is 1. The second-order valence-corrected chi connectivity index (χ2v) is 8.96. The lowest BCUT2D eigenvalue weighted by Crippen LogP contribution is -2.65. The fourth-order valence-corrected chi connectivity index (χ4v) is 4.87. The first-order chi connectivity index (χ1) is 16.1. The largest absolute Gasteiger partial charge is 0.379 e. The molecule has 1 fully saturated rings. The monoisotopic (exact) mass is 451 g/mol. The zero-order chi connectivity index (χ0) is 23.3. The van der Waals surface area contributed by atoms with Crippen LogP contribution in [-0.4, -0.2) is 48.7 Å². The molecule has 2 aliphatic heterocycles. The Kier molecular flexibility index (Phi) is 7.55. The predicted octanol–water partition coefficient (Wildman–Crippen LogP) is 2.59. The third-order valence-electron chi connectivity index (χ3n) is 6.78. The highest BCUT2D eigenvalue weighted by Crippen LogP contribution is 2.28. The molecule has 0 saturated carbocycles. The van der Waals surface area contributed by atoms with Crippen molar-refractivity contribution in [2.75, 3.05) is 13.7 Å². The summed E-state index contributed by atoms with van der Waals surface area (Å²) in [6.07, 6.45) is 2.83. The summed E-state index contributed by atoms with van der Waals surface area (Å²) in [4.78, 5) is 32.3. The zero-order valence-electron chi connectivity index (χ0n) is 19.3. The van der Waals surface area contributed by atoms with Crippen molar-refractivity contribution in [3.8, 4) is 0 Å². The van der Waals surface area contributed by atoms with Gasteiger partial charge < -0.3 is 15.4 Å². The van der Waals surface area contributed by atoms with Gasteiger partial charge in [0.05, 0.1) is 25.2 Å². The van der Waals surface area contributed by atoms with Crippen LogP contribution in [0.3, 0.4) is 0 Å². The lowest BCUT2D eigenvalue weighted by Gasteiger charge is -2.42. The number of nitrogens with zero attached hydrogens (tertiary/aromatic N) is 1. The molecular weight excluding hydrogens is 418 g/mol. The summed E-state index contributed by atoms with van der Waals surface area (Å²) in [5.41, 5.74) is 1.75. The molecule has 4 atom stereocenters. The Hall–Kier alpha value is -2.58. The van der Waals surface area contributed by atoms with E-state index in [-0.39, 0.29) is 24.5 Å². The van der Waals surface area contributed by atoms with Gasteiger partial charge >= 0.3 is 0 Å². The minimum absolute atomic E-state index is 0.119. The summed E-state index contributed by atoms with van der Waals surface area (Å²) in [5.74, 6) is -0.682. The summed E-state index contributed by atoms with van der Waals surface area (Å²) in [6, 6.07) is 17.8. The van der Waals surface area contributed by atoms with E-state index in [2.05, 4.69) is 10.6 Å². The molecule has 7 heteroatoms. The van der Waals surface area contributed by atoms with Crippen LogP contribution < -0.4 is 10.6 Å². The molecule has 0 unspecified atom stereocenters. The van der Waals surface area contributed by atoms with Gasteiger partial charge in [0.15, 0.2) is 11.9 Å². The lowest BCUT2D eigenvalue weighted by molar-refractivity contribution is -0.246. The van der Waals surface area contributed by atoms with Crippen molar-refractivity contribution >= 4 is 12.2 Å². The Balaban J connectivity index is 1.60. The van der Waals surface area contributed by atoms with Gasteiger partial charge in [-0.25, -0.2) is 0 Å². The van der Waals surface area contributed by atoms with Gasteiger partial charge in [-0.05, 0) is 36.1 Å². The van der Waals surface area contributed by atoms with Crippen LogP contribution in [0, 0.1) is 5.92 Å². The maximum absolute atomic E-state index is 13.5. The van der Waals surface area contributed by atoms with Gasteiger partial charge in [0.25, 0.3) is 0 Å². The molecule has 2 aliphatic rings. The molecular formula is C26H33N3O4. The van der Waals surface area contributed by atoms with Crippen molar-refractivity contribution in [3.05, 3.63) is 71.3 Å². The van der Waals surface area contributed by atoms with Crippen molar-refractivity contribution in [1.82, 2.24) is 15.7 Å². The molecule has 1 saturated heterocycles. The molecule has 2 heterocycles. The second-order valence-electron chi connectivity index (χ2n) is 8.96. The fraction of sp³-hybridized carbons (Fsp3) is 0.462. The second kappa shape index (κ2) is 10.6. The molecule has 4 rings (SSSR count). The molecule has 176 valence electrons. The number of nitrogens with one attached hydrogen (secondary N) is 2. The summed E-state index contributed by atoms with van der Waals surface area (Å²) in [5, 5.41) is 8.10. The van der Waals surface area contributed by atoms with Crippen LogP contribution in [0.5, 0.6) is 0 Å². The van der Waals surface area contributed by atoms with E-state index in [0.717, 1.165) is 42.4 Å². The molecule has 7 nitrogen and oxygen atoms in total. The first kappa shape index (κ1) is 23.6. The van der Waals surface area contributed by atoms with Crippen molar-refractivity contribution in [2.45, 2.75) is 57.1 Å². The maximum atomic E-state index is 13.5. The van der Waals surface area contributed by atoms with E-state index in [1.807, 2.05) is 61.5 Å². The Labute approximate surface area is 195 Å². The normalized spacial score (nSPS) is 22.1. The lowest BCUT2D eigenvalue weighted by atomic mass is 9.93. The standard InChI is InChI=1S/C26H33N3O4/c1-19(24(32-2)23-13-8-14-27-23)25(31)28-26(18-30,15-20-9-4-3-5-10-20)29-16-21-11-6-7-12-22(21)17-33-29/h3-7,9-12,18-19,23-24,27H,8,13-17H2,1-2H3,(H,28,31)/t19-,23+,24-,26+/m1/s1. The molecule has 2 aromatic carbocycles. The van der Waals surface area contributed by atoms with Crippen LogP contribution in [0.4, 0.5) is 0 Å². The van der Waals surface area contributed by atoms with E-state index >= 15 is 0 Å². The predicted molar refractivity (Wildman–Crippen MR) is 125 cm³/mol. The molecule has 2 N–H and O–H groups in total. The van der Waals surface area contributed by atoms with E-state index in [1.165, 1.54) is 0 Å². The molecule has 33 heavy (non-hydrogen) atoms. The number of hydrogen-bond acceptors (Lipinski definition) is 6. The molecule has 0 spiro atoms. The fourth-order valence-electron chi connectivity index (χ4n) is 4.87. The van der Waals surface area contributed by atoms with E-state index in [1.54, 1.807) is 12.2 Å². The summed E-state index contributed by atoms with van der Waals surface area (Å²) < 4.78 is 5.72. The smallest absolute Gasteiger partial charge is 0.227 e. The summed E-state index contributed by atoms with van der Waals surface area (Å²) in [7, 11) is 1.63. The molecule has 0 radical (unpaired) electrons. The molecule has 0 aliphatic carbocycles. The highest BCUT2D eigenvalue weighted by Gasteiger charge is 2.44. The summed E-state index contributed by atoms with van der Waals surface area (Å²) in [6.45, 7) is 3.52. The first-order valence-electron chi connectivity index (χ1n) is 11.6. The number of carbonyl (C=O) groups is 2.